The summed E-state index contributed by atoms with van der Waals surface area (Å²) in [5, 5.41) is 14.3. The third-order valence-electron chi connectivity index (χ3n) is 4.10. The fraction of sp³-hybridized carbons (Fsp3) is 0.176. The Kier molecular flexibility index (Phi) is 2.94. The Morgan fingerprint density at radius 1 is 1.36 bits per heavy atom. The van der Waals surface area contributed by atoms with Gasteiger partial charge in [-0.15, -0.1) is 0 Å². The highest BCUT2D eigenvalue weighted by molar-refractivity contribution is 6.01. The number of anilines is 1. The second-order valence-electron chi connectivity index (χ2n) is 5.41. The van der Waals surface area contributed by atoms with E-state index in [2.05, 4.69) is 10.3 Å². The number of nitrogens with zero attached hydrogens (tertiary/aromatic N) is 2. The van der Waals surface area contributed by atoms with Crippen LogP contribution in [0, 0.1) is 0 Å². The van der Waals surface area contributed by atoms with Crippen molar-refractivity contribution >= 4 is 22.9 Å². The molecule has 3 aromatic rings. The molecule has 110 valence electrons. The van der Waals surface area contributed by atoms with Gasteiger partial charge in [0.2, 0.25) is 0 Å². The van der Waals surface area contributed by atoms with Crippen molar-refractivity contribution in [2.45, 2.75) is 19.2 Å². The summed E-state index contributed by atoms with van der Waals surface area (Å²) in [5.74, 6) is 0. The molecule has 0 aliphatic carbocycles. The Balaban J connectivity index is 2.11. The lowest BCUT2D eigenvalue weighted by molar-refractivity contribution is -0.108. The van der Waals surface area contributed by atoms with Gasteiger partial charge < -0.3 is 19.8 Å². The van der Waals surface area contributed by atoms with E-state index in [4.69, 9.17) is 0 Å². The summed E-state index contributed by atoms with van der Waals surface area (Å²) in [6.07, 6.45) is 4.30. The van der Waals surface area contributed by atoms with Crippen LogP contribution >= 0.6 is 0 Å². The number of aliphatic hydroxyl groups is 1. The molecule has 1 atom stereocenters. The van der Waals surface area contributed by atoms with Gasteiger partial charge in [-0.1, -0.05) is 6.07 Å². The van der Waals surface area contributed by atoms with E-state index in [9.17, 15) is 9.90 Å². The van der Waals surface area contributed by atoms with E-state index in [0.717, 1.165) is 39.7 Å². The second-order valence-corrected chi connectivity index (χ2v) is 5.41. The number of hydrogen-bond donors (Lipinski definition) is 2. The molecular weight excluding hydrogens is 278 g/mol. The number of aldehydes is 1. The standard InChI is InChI=1S/C17H15N3O2/c21-8-7-20-14-5-1-4-13-16(14)12(9-15(22)19-13)17(20)11-3-2-6-18-10-11/h1-6,8,10,15,19,22H,7,9H2. The van der Waals surface area contributed by atoms with Crippen molar-refractivity contribution in [1.82, 2.24) is 9.55 Å². The third-order valence-corrected chi connectivity index (χ3v) is 4.10. The van der Waals surface area contributed by atoms with Gasteiger partial charge in [0.1, 0.15) is 12.5 Å². The monoisotopic (exact) mass is 293 g/mol. The predicted octanol–water partition coefficient (Wildman–Crippen LogP) is 2.19. The van der Waals surface area contributed by atoms with E-state index in [1.165, 1.54) is 0 Å². The van der Waals surface area contributed by atoms with Gasteiger partial charge in [0.05, 0.1) is 17.8 Å². The van der Waals surface area contributed by atoms with Gasteiger partial charge in [-0.25, -0.2) is 0 Å². The minimum atomic E-state index is -0.624. The summed E-state index contributed by atoms with van der Waals surface area (Å²) >= 11 is 0. The van der Waals surface area contributed by atoms with Crippen molar-refractivity contribution in [2.75, 3.05) is 5.32 Å². The van der Waals surface area contributed by atoms with Gasteiger partial charge in [-0.05, 0) is 29.8 Å². The lowest BCUT2D eigenvalue weighted by atomic mass is 9.99. The van der Waals surface area contributed by atoms with Crippen LogP contribution in [0.2, 0.25) is 0 Å². The molecule has 0 saturated heterocycles. The first-order valence-corrected chi connectivity index (χ1v) is 7.22. The maximum Gasteiger partial charge on any atom is 0.139 e. The van der Waals surface area contributed by atoms with Gasteiger partial charge in [-0.3, -0.25) is 4.98 Å². The maximum absolute atomic E-state index is 11.2. The smallest absolute Gasteiger partial charge is 0.139 e. The van der Waals surface area contributed by atoms with Crippen LogP contribution in [0.1, 0.15) is 5.56 Å². The fourth-order valence-corrected chi connectivity index (χ4v) is 3.32. The van der Waals surface area contributed by atoms with Gasteiger partial charge in [-0.2, -0.15) is 0 Å². The Labute approximate surface area is 127 Å². The summed E-state index contributed by atoms with van der Waals surface area (Å²) < 4.78 is 2.00. The summed E-state index contributed by atoms with van der Waals surface area (Å²) in [5.41, 5.74) is 4.88. The minimum absolute atomic E-state index is 0.278. The van der Waals surface area contributed by atoms with E-state index in [1.807, 2.05) is 34.9 Å². The maximum atomic E-state index is 11.2. The number of aromatic nitrogens is 2. The Morgan fingerprint density at radius 3 is 3.05 bits per heavy atom. The predicted molar refractivity (Wildman–Crippen MR) is 84.6 cm³/mol. The molecule has 3 heterocycles. The average molecular weight is 293 g/mol. The zero-order chi connectivity index (χ0) is 15.1. The SMILES string of the molecule is O=CCn1c(-c2cccnc2)c2c3c(cccc31)NC(O)C2. The van der Waals surface area contributed by atoms with Crippen molar-refractivity contribution < 1.29 is 9.90 Å². The summed E-state index contributed by atoms with van der Waals surface area (Å²) in [4.78, 5) is 15.4. The number of carbonyl (C=O) groups excluding carboxylic acids is 1. The lowest BCUT2D eigenvalue weighted by Gasteiger charge is -2.21. The summed E-state index contributed by atoms with van der Waals surface area (Å²) in [6.45, 7) is 0.278. The van der Waals surface area contributed by atoms with Crippen LogP contribution in [-0.4, -0.2) is 27.2 Å². The first kappa shape index (κ1) is 13.0. The van der Waals surface area contributed by atoms with Crippen molar-refractivity contribution in [1.29, 1.82) is 0 Å². The Bertz CT molecular complexity index is 855. The molecule has 5 nitrogen and oxygen atoms in total. The lowest BCUT2D eigenvalue weighted by Crippen LogP contribution is -2.24. The number of pyridine rings is 1. The minimum Gasteiger partial charge on any atom is -0.373 e. The molecule has 0 spiro atoms. The number of nitrogens with one attached hydrogen (secondary N) is 1. The molecular formula is C17H15N3O2. The molecule has 0 saturated carbocycles. The molecule has 0 fully saturated rings. The third kappa shape index (κ3) is 1.83. The van der Waals surface area contributed by atoms with Crippen LogP contribution in [0.25, 0.3) is 22.2 Å². The molecule has 1 aromatic carbocycles. The largest absolute Gasteiger partial charge is 0.373 e. The van der Waals surface area contributed by atoms with E-state index >= 15 is 0 Å². The van der Waals surface area contributed by atoms with Crippen molar-refractivity contribution in [3.8, 4) is 11.3 Å². The van der Waals surface area contributed by atoms with E-state index in [1.54, 1.807) is 12.4 Å². The number of carbonyl (C=O) groups is 1. The second kappa shape index (κ2) is 4.96. The van der Waals surface area contributed by atoms with Gasteiger partial charge in [0.25, 0.3) is 0 Å². The van der Waals surface area contributed by atoms with Crippen molar-refractivity contribution in [3.63, 3.8) is 0 Å². The zero-order valence-corrected chi connectivity index (χ0v) is 11.9. The highest BCUT2D eigenvalue weighted by Gasteiger charge is 2.26. The molecule has 0 radical (unpaired) electrons. The topological polar surface area (TPSA) is 67.2 Å². The van der Waals surface area contributed by atoms with Crippen LogP contribution < -0.4 is 5.32 Å². The highest BCUT2D eigenvalue weighted by atomic mass is 16.3. The molecule has 22 heavy (non-hydrogen) atoms. The van der Waals surface area contributed by atoms with Crippen molar-refractivity contribution in [3.05, 3.63) is 48.3 Å². The van der Waals surface area contributed by atoms with Gasteiger partial charge >= 0.3 is 0 Å². The molecule has 0 bridgehead atoms. The molecule has 1 aliphatic rings. The molecule has 1 aliphatic heterocycles. The number of aliphatic hydroxyl groups excluding tert-OH is 1. The highest BCUT2D eigenvalue weighted by Crippen LogP contribution is 2.40. The zero-order valence-electron chi connectivity index (χ0n) is 11.9. The Morgan fingerprint density at radius 2 is 2.27 bits per heavy atom. The molecule has 1 unspecified atom stereocenters. The average Bonchev–Trinajstić information content (AvgIpc) is 2.84. The molecule has 5 heteroatoms. The number of hydrogen-bond acceptors (Lipinski definition) is 4. The van der Waals surface area contributed by atoms with Crippen LogP contribution in [0.4, 0.5) is 5.69 Å². The molecule has 2 aromatic heterocycles. The first-order valence-electron chi connectivity index (χ1n) is 7.22. The van der Waals surface area contributed by atoms with Gasteiger partial charge in [0, 0.05) is 35.5 Å². The fourth-order valence-electron chi connectivity index (χ4n) is 3.32. The van der Waals surface area contributed by atoms with Crippen LogP contribution in [0.15, 0.2) is 42.7 Å². The molecule has 2 N–H and O–H groups in total. The van der Waals surface area contributed by atoms with Crippen LogP contribution in [0.3, 0.4) is 0 Å². The van der Waals surface area contributed by atoms with Crippen LogP contribution in [0.5, 0.6) is 0 Å². The first-order chi connectivity index (χ1) is 10.8. The van der Waals surface area contributed by atoms with Crippen LogP contribution in [-0.2, 0) is 17.8 Å². The Hall–Kier alpha value is -2.66. The molecule has 4 rings (SSSR count). The van der Waals surface area contributed by atoms with Crippen molar-refractivity contribution in [2.24, 2.45) is 0 Å². The van der Waals surface area contributed by atoms with E-state index < -0.39 is 6.23 Å². The summed E-state index contributed by atoms with van der Waals surface area (Å²) in [6, 6.07) is 9.74. The number of benzene rings is 1. The normalized spacial score (nSPS) is 16.5. The van der Waals surface area contributed by atoms with Gasteiger partial charge in [0.15, 0.2) is 0 Å². The molecule has 0 amide bonds. The summed E-state index contributed by atoms with van der Waals surface area (Å²) in [7, 11) is 0. The van der Waals surface area contributed by atoms with E-state index in [0.29, 0.717) is 6.42 Å². The number of rotatable bonds is 3. The van der Waals surface area contributed by atoms with E-state index in [-0.39, 0.29) is 6.54 Å². The quantitative estimate of drug-likeness (QED) is 0.726.